The van der Waals surface area contributed by atoms with E-state index in [0.29, 0.717) is 12.6 Å². The lowest BCUT2D eigenvalue weighted by Gasteiger charge is -2.24. The molecule has 0 unspecified atom stereocenters. The van der Waals surface area contributed by atoms with Crippen molar-refractivity contribution in [3.05, 3.63) is 101 Å². The Kier molecular flexibility index (Phi) is 4.53. The van der Waals surface area contributed by atoms with Gasteiger partial charge in [-0.25, -0.2) is 0 Å². The third-order valence-corrected chi connectivity index (χ3v) is 5.02. The molecule has 3 aromatic rings. The van der Waals surface area contributed by atoms with Gasteiger partial charge >= 0.3 is 0 Å². The Morgan fingerprint density at radius 2 is 1.40 bits per heavy atom. The number of hydrogen-bond donors (Lipinski definition) is 0. The van der Waals surface area contributed by atoms with Crippen molar-refractivity contribution >= 4 is 0 Å². The lowest BCUT2D eigenvalue weighted by atomic mass is 10.1. The molecule has 0 aromatic heterocycles. The van der Waals surface area contributed by atoms with Crippen LogP contribution in [-0.2, 0) is 19.7 Å². The Morgan fingerprint density at radius 1 is 0.800 bits per heavy atom. The van der Waals surface area contributed by atoms with Gasteiger partial charge in [0.15, 0.2) is 0 Å². The summed E-state index contributed by atoms with van der Waals surface area (Å²) in [5.74, 6) is 0.921. The molecular weight excluding hydrogens is 306 g/mol. The van der Waals surface area contributed by atoms with E-state index >= 15 is 0 Å². The highest BCUT2D eigenvalue weighted by atomic mass is 16.5. The van der Waals surface area contributed by atoms with E-state index in [-0.39, 0.29) is 0 Å². The zero-order valence-electron chi connectivity index (χ0n) is 14.6. The summed E-state index contributed by atoms with van der Waals surface area (Å²) in [6.45, 7) is 4.95. The summed E-state index contributed by atoms with van der Waals surface area (Å²) in [6, 6.07) is 27.9. The van der Waals surface area contributed by atoms with Gasteiger partial charge in [0, 0.05) is 19.1 Å². The number of ether oxygens (including phenoxy) is 1. The van der Waals surface area contributed by atoms with Crippen molar-refractivity contribution in [2.75, 3.05) is 0 Å². The van der Waals surface area contributed by atoms with Crippen LogP contribution >= 0.6 is 0 Å². The van der Waals surface area contributed by atoms with E-state index in [4.69, 9.17) is 4.74 Å². The first-order chi connectivity index (χ1) is 12.3. The molecule has 1 heterocycles. The summed E-state index contributed by atoms with van der Waals surface area (Å²) in [5, 5.41) is 0. The summed E-state index contributed by atoms with van der Waals surface area (Å²) in [6.07, 6.45) is 0. The van der Waals surface area contributed by atoms with Crippen molar-refractivity contribution < 1.29 is 4.74 Å². The third kappa shape index (κ3) is 3.59. The van der Waals surface area contributed by atoms with Gasteiger partial charge < -0.3 is 4.74 Å². The molecule has 2 nitrogen and oxygen atoms in total. The molecule has 1 aliphatic rings. The first-order valence-electron chi connectivity index (χ1n) is 8.87. The summed E-state index contributed by atoms with van der Waals surface area (Å²) in [7, 11) is 0. The lowest BCUT2D eigenvalue weighted by Crippen LogP contribution is -2.20. The van der Waals surface area contributed by atoms with Crippen molar-refractivity contribution in [1.29, 1.82) is 0 Å². The van der Waals surface area contributed by atoms with Crippen LogP contribution in [0.15, 0.2) is 78.9 Å². The minimum Gasteiger partial charge on any atom is -0.489 e. The minimum atomic E-state index is 0.399. The molecule has 0 aliphatic carbocycles. The molecule has 126 valence electrons. The van der Waals surface area contributed by atoms with Crippen LogP contribution in [0.1, 0.15) is 35.2 Å². The summed E-state index contributed by atoms with van der Waals surface area (Å²) in [4.78, 5) is 2.52. The summed E-state index contributed by atoms with van der Waals surface area (Å²) in [5.41, 5.74) is 5.43. The predicted molar refractivity (Wildman–Crippen MR) is 101 cm³/mol. The van der Waals surface area contributed by atoms with Gasteiger partial charge in [-0.3, -0.25) is 4.90 Å². The Morgan fingerprint density at radius 3 is 2.04 bits per heavy atom. The molecule has 1 aliphatic heterocycles. The Labute approximate surface area is 149 Å². The average Bonchev–Trinajstić information content (AvgIpc) is 3.11. The molecular formula is C23H23NO. The van der Waals surface area contributed by atoms with Gasteiger partial charge in [0.25, 0.3) is 0 Å². The smallest absolute Gasteiger partial charge is 0.119 e. The summed E-state index contributed by atoms with van der Waals surface area (Å²) < 4.78 is 5.89. The molecule has 0 N–H and O–H groups in total. The maximum Gasteiger partial charge on any atom is 0.119 e. The van der Waals surface area contributed by atoms with Crippen molar-refractivity contribution in [2.24, 2.45) is 0 Å². The first kappa shape index (κ1) is 15.9. The standard InChI is InChI=1S/C23H23NO/c1-18(24-15-21-9-5-6-10-22(21)16-24)20-11-13-23(14-12-20)25-17-19-7-3-2-4-8-19/h2-14,18H,15-17H2,1H3/t18-/m0/s1. The van der Waals surface area contributed by atoms with Crippen LogP contribution in [0.3, 0.4) is 0 Å². The van der Waals surface area contributed by atoms with E-state index in [9.17, 15) is 0 Å². The molecule has 4 rings (SSSR count). The highest BCUT2D eigenvalue weighted by molar-refractivity contribution is 5.33. The number of rotatable bonds is 5. The van der Waals surface area contributed by atoms with Crippen LogP contribution in [-0.4, -0.2) is 4.90 Å². The van der Waals surface area contributed by atoms with E-state index in [1.54, 1.807) is 0 Å². The molecule has 0 amide bonds. The van der Waals surface area contributed by atoms with E-state index in [0.717, 1.165) is 18.8 Å². The number of nitrogens with zero attached hydrogens (tertiary/aromatic N) is 1. The second kappa shape index (κ2) is 7.12. The quantitative estimate of drug-likeness (QED) is 0.626. The maximum absolute atomic E-state index is 5.89. The molecule has 0 saturated carbocycles. The van der Waals surface area contributed by atoms with Gasteiger partial charge in [-0.2, -0.15) is 0 Å². The zero-order chi connectivity index (χ0) is 17.1. The largest absolute Gasteiger partial charge is 0.489 e. The third-order valence-electron chi connectivity index (χ3n) is 5.02. The maximum atomic E-state index is 5.89. The van der Waals surface area contributed by atoms with Crippen LogP contribution < -0.4 is 4.74 Å². The van der Waals surface area contributed by atoms with Crippen LogP contribution in [0.5, 0.6) is 5.75 Å². The Bertz CT molecular complexity index is 801. The second-order valence-corrected chi connectivity index (χ2v) is 6.69. The van der Waals surface area contributed by atoms with Gasteiger partial charge in [0.1, 0.15) is 12.4 Å². The first-order valence-corrected chi connectivity index (χ1v) is 8.87. The molecule has 0 fully saturated rings. The molecule has 1 atom stereocenters. The second-order valence-electron chi connectivity index (χ2n) is 6.69. The van der Waals surface area contributed by atoms with Crippen molar-refractivity contribution in [3.8, 4) is 5.75 Å². The molecule has 25 heavy (non-hydrogen) atoms. The highest BCUT2D eigenvalue weighted by Gasteiger charge is 2.23. The van der Waals surface area contributed by atoms with Gasteiger partial charge in [-0.1, -0.05) is 66.7 Å². The fourth-order valence-corrected chi connectivity index (χ4v) is 3.43. The zero-order valence-corrected chi connectivity index (χ0v) is 14.6. The van der Waals surface area contributed by atoms with E-state index in [2.05, 4.69) is 72.5 Å². The predicted octanol–water partition coefficient (Wildman–Crippen LogP) is 5.34. The fraction of sp³-hybridized carbons (Fsp3) is 0.217. The Balaban J connectivity index is 1.39. The van der Waals surface area contributed by atoms with E-state index in [1.165, 1.54) is 22.3 Å². The van der Waals surface area contributed by atoms with Gasteiger partial charge in [0.05, 0.1) is 0 Å². The molecule has 0 radical (unpaired) electrons. The van der Waals surface area contributed by atoms with Crippen LogP contribution in [0.25, 0.3) is 0 Å². The molecule has 0 spiro atoms. The van der Waals surface area contributed by atoms with E-state index in [1.807, 2.05) is 18.2 Å². The molecule has 3 aromatic carbocycles. The van der Waals surface area contributed by atoms with Gasteiger partial charge in [-0.05, 0) is 41.3 Å². The molecule has 2 heteroatoms. The van der Waals surface area contributed by atoms with E-state index < -0.39 is 0 Å². The summed E-state index contributed by atoms with van der Waals surface area (Å²) >= 11 is 0. The highest BCUT2D eigenvalue weighted by Crippen LogP contribution is 2.31. The topological polar surface area (TPSA) is 12.5 Å². The SMILES string of the molecule is C[C@@H](c1ccc(OCc2ccccc2)cc1)N1Cc2ccccc2C1. The van der Waals surface area contributed by atoms with Crippen molar-refractivity contribution in [2.45, 2.75) is 32.7 Å². The van der Waals surface area contributed by atoms with Crippen molar-refractivity contribution in [3.63, 3.8) is 0 Å². The Hall–Kier alpha value is -2.58. The van der Waals surface area contributed by atoms with Crippen LogP contribution in [0, 0.1) is 0 Å². The number of hydrogen-bond acceptors (Lipinski definition) is 2. The fourth-order valence-electron chi connectivity index (χ4n) is 3.43. The lowest BCUT2D eigenvalue weighted by molar-refractivity contribution is 0.215. The van der Waals surface area contributed by atoms with Gasteiger partial charge in [0.2, 0.25) is 0 Å². The number of fused-ring (bicyclic) bond motifs is 1. The molecule has 0 saturated heterocycles. The van der Waals surface area contributed by atoms with Crippen molar-refractivity contribution in [1.82, 2.24) is 4.90 Å². The average molecular weight is 329 g/mol. The van der Waals surface area contributed by atoms with Crippen LogP contribution in [0.4, 0.5) is 0 Å². The normalized spacial score (nSPS) is 14.9. The molecule has 0 bridgehead atoms. The van der Waals surface area contributed by atoms with Gasteiger partial charge in [-0.15, -0.1) is 0 Å². The minimum absolute atomic E-state index is 0.399. The van der Waals surface area contributed by atoms with Crippen LogP contribution in [0.2, 0.25) is 0 Å². The monoisotopic (exact) mass is 329 g/mol. The number of benzene rings is 3.